The predicted octanol–water partition coefficient (Wildman–Crippen LogP) is 1.84. The minimum Gasteiger partial charge on any atom is -0.444 e. The maximum Gasteiger partial charge on any atom is 0.410 e. The summed E-state index contributed by atoms with van der Waals surface area (Å²) in [6.45, 7) is 11.9. The van der Waals surface area contributed by atoms with Crippen LogP contribution in [-0.4, -0.2) is 36.2 Å². The van der Waals surface area contributed by atoms with Crippen molar-refractivity contribution >= 4 is 6.09 Å². The van der Waals surface area contributed by atoms with Gasteiger partial charge in [-0.3, -0.25) is 0 Å². The highest BCUT2D eigenvalue weighted by Gasteiger charge is 2.42. The molecule has 2 unspecified atom stereocenters. The fraction of sp³-hybridized carbons (Fsp3) is 0.917. The first-order valence-corrected chi connectivity index (χ1v) is 5.86. The zero-order valence-corrected chi connectivity index (χ0v) is 11.0. The van der Waals surface area contributed by atoms with Gasteiger partial charge in [-0.25, -0.2) is 4.79 Å². The Balaban J connectivity index is 2.62. The Morgan fingerprint density at radius 2 is 2.12 bits per heavy atom. The van der Waals surface area contributed by atoms with Gasteiger partial charge in [0.25, 0.3) is 0 Å². The highest BCUT2D eigenvalue weighted by Crippen LogP contribution is 2.34. The molecule has 2 N–H and O–H groups in total. The largest absolute Gasteiger partial charge is 0.444 e. The first-order valence-electron chi connectivity index (χ1n) is 5.86. The van der Waals surface area contributed by atoms with Crippen molar-refractivity contribution in [2.75, 3.05) is 19.6 Å². The molecule has 16 heavy (non-hydrogen) atoms. The summed E-state index contributed by atoms with van der Waals surface area (Å²) in [7, 11) is 0. The van der Waals surface area contributed by atoms with Gasteiger partial charge < -0.3 is 15.4 Å². The number of amides is 1. The first kappa shape index (κ1) is 13.3. The lowest BCUT2D eigenvalue weighted by Gasteiger charge is -2.27. The van der Waals surface area contributed by atoms with E-state index in [4.69, 9.17) is 10.5 Å². The average Bonchev–Trinajstić information content (AvgIpc) is 2.41. The van der Waals surface area contributed by atoms with E-state index in [0.29, 0.717) is 19.0 Å². The monoisotopic (exact) mass is 228 g/mol. The van der Waals surface area contributed by atoms with Crippen molar-refractivity contribution in [1.29, 1.82) is 0 Å². The van der Waals surface area contributed by atoms with Crippen LogP contribution in [0, 0.1) is 11.3 Å². The average molecular weight is 228 g/mol. The molecule has 0 aromatic carbocycles. The third kappa shape index (κ3) is 2.88. The second-order valence-corrected chi connectivity index (χ2v) is 6.12. The highest BCUT2D eigenvalue weighted by molar-refractivity contribution is 5.68. The second kappa shape index (κ2) is 4.24. The van der Waals surface area contributed by atoms with Crippen molar-refractivity contribution in [3.05, 3.63) is 0 Å². The molecule has 4 heteroatoms. The third-order valence-corrected chi connectivity index (χ3v) is 3.35. The molecule has 0 radical (unpaired) electrons. The Morgan fingerprint density at radius 1 is 1.56 bits per heavy atom. The lowest BCUT2D eigenvalue weighted by Crippen LogP contribution is -2.38. The van der Waals surface area contributed by atoms with E-state index >= 15 is 0 Å². The number of carbonyl (C=O) groups excluding carboxylic acids is 1. The molecule has 94 valence electrons. The maximum absolute atomic E-state index is 11.9. The number of hydrogen-bond donors (Lipinski definition) is 1. The van der Waals surface area contributed by atoms with E-state index in [1.165, 1.54) is 0 Å². The quantitative estimate of drug-likeness (QED) is 0.745. The normalized spacial score (nSPS) is 30.6. The molecule has 0 aromatic heterocycles. The summed E-state index contributed by atoms with van der Waals surface area (Å²) in [5, 5.41) is 0. The molecule has 1 aliphatic heterocycles. The summed E-state index contributed by atoms with van der Waals surface area (Å²) in [6.07, 6.45) is -0.225. The molecule has 2 atom stereocenters. The second-order valence-electron chi connectivity index (χ2n) is 6.12. The number of carbonyl (C=O) groups is 1. The van der Waals surface area contributed by atoms with E-state index in [2.05, 4.69) is 13.8 Å². The van der Waals surface area contributed by atoms with Gasteiger partial charge in [0.1, 0.15) is 5.60 Å². The summed E-state index contributed by atoms with van der Waals surface area (Å²) < 4.78 is 5.35. The molecule has 0 saturated carbocycles. The van der Waals surface area contributed by atoms with Crippen LogP contribution in [0.4, 0.5) is 4.79 Å². The van der Waals surface area contributed by atoms with Crippen molar-refractivity contribution in [3.63, 3.8) is 0 Å². The number of likely N-dealkylation sites (tertiary alicyclic amines) is 1. The zero-order chi connectivity index (χ0) is 12.6. The predicted molar refractivity (Wildman–Crippen MR) is 64.1 cm³/mol. The van der Waals surface area contributed by atoms with Crippen molar-refractivity contribution in [2.45, 2.75) is 40.2 Å². The van der Waals surface area contributed by atoms with Gasteiger partial charge in [-0.1, -0.05) is 13.8 Å². The number of nitrogens with zero attached hydrogens (tertiary/aromatic N) is 1. The maximum atomic E-state index is 11.9. The van der Waals surface area contributed by atoms with Crippen LogP contribution in [0.3, 0.4) is 0 Å². The molecule has 0 bridgehead atoms. The van der Waals surface area contributed by atoms with Crippen molar-refractivity contribution in [3.8, 4) is 0 Å². The zero-order valence-electron chi connectivity index (χ0n) is 11.0. The number of rotatable bonds is 1. The molecule has 1 aliphatic rings. The van der Waals surface area contributed by atoms with Gasteiger partial charge in [0.15, 0.2) is 0 Å². The van der Waals surface area contributed by atoms with E-state index in [0.717, 1.165) is 6.54 Å². The highest BCUT2D eigenvalue weighted by atomic mass is 16.6. The fourth-order valence-electron chi connectivity index (χ4n) is 1.94. The lowest BCUT2D eigenvalue weighted by molar-refractivity contribution is 0.0276. The van der Waals surface area contributed by atoms with Gasteiger partial charge >= 0.3 is 6.09 Å². The first-order chi connectivity index (χ1) is 7.18. The Kier molecular flexibility index (Phi) is 3.53. The summed E-state index contributed by atoms with van der Waals surface area (Å²) >= 11 is 0. The Morgan fingerprint density at radius 3 is 2.50 bits per heavy atom. The molecule has 1 heterocycles. The SMILES string of the molecule is CC1CN(C(=O)OC(C)(C)C)CC1(C)CN. The lowest BCUT2D eigenvalue weighted by atomic mass is 9.81. The Labute approximate surface area is 98.1 Å². The minimum absolute atomic E-state index is 0.0247. The molecule has 1 fully saturated rings. The van der Waals surface area contributed by atoms with Crippen LogP contribution in [0.1, 0.15) is 34.6 Å². The summed E-state index contributed by atoms with van der Waals surface area (Å²) in [5.41, 5.74) is 5.37. The van der Waals surface area contributed by atoms with E-state index in [9.17, 15) is 4.79 Å². The van der Waals surface area contributed by atoms with Gasteiger partial charge in [-0.2, -0.15) is 0 Å². The Hall–Kier alpha value is -0.770. The topological polar surface area (TPSA) is 55.6 Å². The van der Waals surface area contributed by atoms with Crippen LogP contribution >= 0.6 is 0 Å². The van der Waals surface area contributed by atoms with Gasteiger partial charge in [0, 0.05) is 18.5 Å². The molecular weight excluding hydrogens is 204 g/mol. The summed E-state index contributed by atoms with van der Waals surface area (Å²) in [5.74, 6) is 0.421. The van der Waals surface area contributed by atoms with Crippen LogP contribution < -0.4 is 5.73 Å². The molecule has 0 spiro atoms. The molecule has 1 rings (SSSR count). The standard InChI is InChI=1S/C12H24N2O2/c1-9-6-14(8-12(9,5)7-13)10(15)16-11(2,3)4/h9H,6-8,13H2,1-5H3. The van der Waals surface area contributed by atoms with Crippen LogP contribution in [0.2, 0.25) is 0 Å². The summed E-state index contributed by atoms with van der Waals surface area (Å²) in [4.78, 5) is 13.6. The molecule has 1 saturated heterocycles. The minimum atomic E-state index is -0.429. The number of hydrogen-bond acceptors (Lipinski definition) is 3. The van der Waals surface area contributed by atoms with Crippen LogP contribution in [0.15, 0.2) is 0 Å². The van der Waals surface area contributed by atoms with Gasteiger partial charge in [0.05, 0.1) is 0 Å². The van der Waals surface area contributed by atoms with Crippen molar-refractivity contribution in [2.24, 2.45) is 17.1 Å². The van der Waals surface area contributed by atoms with Crippen LogP contribution in [0.25, 0.3) is 0 Å². The molecule has 0 aromatic rings. The smallest absolute Gasteiger partial charge is 0.410 e. The van der Waals surface area contributed by atoms with E-state index in [1.807, 2.05) is 20.8 Å². The van der Waals surface area contributed by atoms with E-state index in [1.54, 1.807) is 4.90 Å². The van der Waals surface area contributed by atoms with Crippen molar-refractivity contribution < 1.29 is 9.53 Å². The molecular formula is C12H24N2O2. The van der Waals surface area contributed by atoms with Crippen molar-refractivity contribution in [1.82, 2.24) is 4.90 Å². The fourth-order valence-corrected chi connectivity index (χ4v) is 1.94. The summed E-state index contributed by atoms with van der Waals surface area (Å²) in [6, 6.07) is 0. The van der Waals surface area contributed by atoms with Gasteiger partial charge in [0.2, 0.25) is 0 Å². The van der Waals surface area contributed by atoms with Crippen LogP contribution in [-0.2, 0) is 4.74 Å². The Bertz CT molecular complexity index is 273. The molecule has 0 aliphatic carbocycles. The van der Waals surface area contributed by atoms with E-state index in [-0.39, 0.29) is 11.5 Å². The van der Waals surface area contributed by atoms with E-state index < -0.39 is 5.60 Å². The molecule has 4 nitrogen and oxygen atoms in total. The third-order valence-electron chi connectivity index (χ3n) is 3.35. The number of ether oxygens (including phenoxy) is 1. The van der Waals surface area contributed by atoms with Gasteiger partial charge in [-0.15, -0.1) is 0 Å². The van der Waals surface area contributed by atoms with Gasteiger partial charge in [-0.05, 0) is 33.2 Å². The van der Waals surface area contributed by atoms with Crippen LogP contribution in [0.5, 0.6) is 0 Å². The number of nitrogens with two attached hydrogens (primary N) is 1. The molecule has 1 amide bonds.